The van der Waals surface area contributed by atoms with Gasteiger partial charge in [-0.2, -0.15) is 5.11 Å². The summed E-state index contributed by atoms with van der Waals surface area (Å²) in [6.07, 6.45) is 0. The van der Waals surface area contributed by atoms with E-state index in [1.807, 2.05) is 18.2 Å². The lowest BCUT2D eigenvalue weighted by Crippen LogP contribution is -2.21. The zero-order valence-corrected chi connectivity index (χ0v) is 16.0. The molecule has 5 heteroatoms. The van der Waals surface area contributed by atoms with Gasteiger partial charge in [-0.3, -0.25) is 0 Å². The summed E-state index contributed by atoms with van der Waals surface area (Å²) in [6, 6.07) is 23.6. The molecule has 0 heterocycles. The van der Waals surface area contributed by atoms with Crippen molar-refractivity contribution in [2.24, 2.45) is 10.2 Å². The van der Waals surface area contributed by atoms with Crippen LogP contribution in [0.1, 0.15) is 12.5 Å². The molecule has 0 radical (unpaired) electrons. The third-order valence-corrected chi connectivity index (χ3v) is 4.55. The Kier molecular flexibility index (Phi) is 6.26. The topological polar surface area (TPSA) is 28.0 Å². The van der Waals surface area contributed by atoms with Crippen molar-refractivity contribution < 1.29 is 0 Å². The highest BCUT2D eigenvalue weighted by Crippen LogP contribution is 2.30. The maximum Gasteiger partial charge on any atom is 0.106 e. The fraction of sp³-hybridized carbons (Fsp3) is 0.143. The molecule has 132 valence electrons. The fourth-order valence-electron chi connectivity index (χ4n) is 2.59. The number of azo groups is 1. The maximum absolute atomic E-state index is 6.11. The van der Waals surface area contributed by atoms with Crippen molar-refractivity contribution in [1.29, 1.82) is 0 Å². The van der Waals surface area contributed by atoms with E-state index >= 15 is 0 Å². The Morgan fingerprint density at radius 3 is 2.27 bits per heavy atom. The molecule has 0 aliphatic rings. The lowest BCUT2D eigenvalue weighted by atomic mass is 10.2. The molecule has 26 heavy (non-hydrogen) atoms. The molecule has 0 aliphatic heterocycles. The largest absolute Gasteiger partial charge is 0.367 e. The van der Waals surface area contributed by atoms with Gasteiger partial charge < -0.3 is 4.90 Å². The summed E-state index contributed by atoms with van der Waals surface area (Å²) in [4.78, 5) is 2.31. The van der Waals surface area contributed by atoms with Crippen LogP contribution in [0.3, 0.4) is 0 Å². The van der Waals surface area contributed by atoms with E-state index in [0.29, 0.717) is 15.7 Å². The molecule has 0 unspecified atom stereocenters. The summed E-state index contributed by atoms with van der Waals surface area (Å²) in [6.45, 7) is 3.95. The Morgan fingerprint density at radius 2 is 1.58 bits per heavy atom. The van der Waals surface area contributed by atoms with Crippen molar-refractivity contribution in [2.75, 3.05) is 11.4 Å². The highest BCUT2D eigenvalue weighted by atomic mass is 35.5. The minimum absolute atomic E-state index is 0.523. The lowest BCUT2D eigenvalue weighted by Gasteiger charge is -2.23. The zero-order valence-electron chi connectivity index (χ0n) is 14.4. The molecule has 3 nitrogen and oxygen atoms in total. The molecular weight excluding hydrogens is 365 g/mol. The number of benzene rings is 3. The van der Waals surface area contributed by atoms with Gasteiger partial charge in [-0.25, -0.2) is 0 Å². The molecule has 3 rings (SSSR count). The molecule has 0 saturated carbocycles. The van der Waals surface area contributed by atoms with E-state index in [4.69, 9.17) is 23.2 Å². The quantitative estimate of drug-likeness (QED) is 0.406. The van der Waals surface area contributed by atoms with Gasteiger partial charge >= 0.3 is 0 Å². The average Bonchev–Trinajstić information content (AvgIpc) is 2.68. The van der Waals surface area contributed by atoms with E-state index < -0.39 is 0 Å². The summed E-state index contributed by atoms with van der Waals surface area (Å²) in [7, 11) is 0. The first-order valence-electron chi connectivity index (χ1n) is 8.41. The smallest absolute Gasteiger partial charge is 0.106 e. The van der Waals surface area contributed by atoms with Gasteiger partial charge in [0.1, 0.15) is 5.69 Å². The van der Waals surface area contributed by atoms with Gasteiger partial charge in [0.05, 0.1) is 10.7 Å². The molecule has 3 aromatic carbocycles. The van der Waals surface area contributed by atoms with Crippen molar-refractivity contribution in [2.45, 2.75) is 13.5 Å². The van der Waals surface area contributed by atoms with Crippen molar-refractivity contribution in [3.63, 3.8) is 0 Å². The molecule has 0 bridgehead atoms. The van der Waals surface area contributed by atoms with Gasteiger partial charge in [0.25, 0.3) is 0 Å². The van der Waals surface area contributed by atoms with Crippen LogP contribution < -0.4 is 4.90 Å². The number of hydrogen-bond donors (Lipinski definition) is 0. The molecule has 0 aliphatic carbocycles. The highest BCUT2D eigenvalue weighted by Gasteiger charge is 2.05. The predicted octanol–water partition coefficient (Wildman–Crippen LogP) is 7.44. The van der Waals surface area contributed by atoms with Crippen molar-refractivity contribution >= 4 is 40.3 Å². The van der Waals surface area contributed by atoms with Gasteiger partial charge in [0.2, 0.25) is 0 Å². The Bertz CT molecular complexity index is 878. The van der Waals surface area contributed by atoms with Crippen LogP contribution in [0.4, 0.5) is 17.1 Å². The van der Waals surface area contributed by atoms with Gasteiger partial charge in [-0.1, -0.05) is 53.5 Å². The minimum Gasteiger partial charge on any atom is -0.367 e. The first-order valence-corrected chi connectivity index (χ1v) is 9.17. The summed E-state index contributed by atoms with van der Waals surface area (Å²) >= 11 is 12.1. The van der Waals surface area contributed by atoms with E-state index in [9.17, 15) is 0 Å². The SMILES string of the molecule is CCN(Cc1ccccc1)c1ccc(N=Nc2cc(Cl)ccc2Cl)cc1. The second kappa shape index (κ2) is 8.84. The normalized spacial score (nSPS) is 11.0. The number of halogens is 2. The van der Waals surface area contributed by atoms with Crippen molar-refractivity contribution in [1.82, 2.24) is 0 Å². The summed E-state index contributed by atoms with van der Waals surface area (Å²) < 4.78 is 0. The standard InChI is InChI=1S/C21H19Cl2N3/c1-2-26(15-16-6-4-3-5-7-16)19-11-9-18(10-12-19)24-25-21-14-17(22)8-13-20(21)23/h3-14H,2,15H2,1H3. The molecule has 0 saturated heterocycles. The van der Waals surface area contributed by atoms with Gasteiger partial charge in [-0.05, 0) is 55.0 Å². The Balaban J connectivity index is 1.73. The maximum atomic E-state index is 6.11. The third-order valence-electron chi connectivity index (χ3n) is 3.99. The fourth-order valence-corrected chi connectivity index (χ4v) is 2.92. The Morgan fingerprint density at radius 1 is 0.846 bits per heavy atom. The third kappa shape index (κ3) is 4.84. The molecule has 0 N–H and O–H groups in total. The van der Waals surface area contributed by atoms with Gasteiger partial charge in [0.15, 0.2) is 0 Å². The minimum atomic E-state index is 0.523. The van der Waals surface area contributed by atoms with Gasteiger partial charge in [-0.15, -0.1) is 5.11 Å². The van der Waals surface area contributed by atoms with Crippen LogP contribution >= 0.6 is 23.2 Å². The summed E-state index contributed by atoms with van der Waals surface area (Å²) in [5.74, 6) is 0. The van der Waals surface area contributed by atoms with E-state index in [0.717, 1.165) is 24.5 Å². The van der Waals surface area contributed by atoms with Gasteiger partial charge in [0, 0.05) is 23.8 Å². The van der Waals surface area contributed by atoms with Crippen LogP contribution in [0.25, 0.3) is 0 Å². The summed E-state index contributed by atoms with van der Waals surface area (Å²) in [5.41, 5.74) is 3.76. The molecular formula is C21H19Cl2N3. The van der Waals surface area contributed by atoms with E-state index in [1.54, 1.807) is 18.2 Å². The van der Waals surface area contributed by atoms with Crippen LogP contribution in [-0.4, -0.2) is 6.54 Å². The van der Waals surface area contributed by atoms with Crippen LogP contribution in [0.5, 0.6) is 0 Å². The van der Waals surface area contributed by atoms with Crippen molar-refractivity contribution in [3.05, 3.63) is 88.4 Å². The molecule has 0 spiro atoms. The molecule has 0 amide bonds. The highest BCUT2D eigenvalue weighted by molar-refractivity contribution is 6.35. The van der Waals surface area contributed by atoms with E-state index in [1.165, 1.54) is 5.56 Å². The second-order valence-corrected chi connectivity index (χ2v) is 6.66. The number of hydrogen-bond acceptors (Lipinski definition) is 3. The van der Waals surface area contributed by atoms with Crippen LogP contribution in [0.15, 0.2) is 83.0 Å². The predicted molar refractivity (Wildman–Crippen MR) is 110 cm³/mol. The number of anilines is 1. The average molecular weight is 384 g/mol. The molecule has 0 atom stereocenters. The van der Waals surface area contributed by atoms with Crippen LogP contribution in [0, 0.1) is 0 Å². The summed E-state index contributed by atoms with van der Waals surface area (Å²) in [5, 5.41) is 9.55. The molecule has 3 aromatic rings. The van der Waals surface area contributed by atoms with E-state index in [2.05, 4.69) is 58.5 Å². The zero-order chi connectivity index (χ0) is 18.4. The Hall–Kier alpha value is -2.36. The first-order chi connectivity index (χ1) is 12.7. The molecule has 0 fully saturated rings. The Labute approximate surface area is 163 Å². The van der Waals surface area contributed by atoms with E-state index in [-0.39, 0.29) is 0 Å². The monoisotopic (exact) mass is 383 g/mol. The second-order valence-electron chi connectivity index (χ2n) is 5.81. The van der Waals surface area contributed by atoms with Crippen molar-refractivity contribution in [3.8, 4) is 0 Å². The number of nitrogens with zero attached hydrogens (tertiary/aromatic N) is 3. The number of rotatable bonds is 6. The van der Waals surface area contributed by atoms with Crippen LogP contribution in [0.2, 0.25) is 10.0 Å². The van der Waals surface area contributed by atoms with Crippen LogP contribution in [-0.2, 0) is 6.54 Å². The molecule has 0 aromatic heterocycles. The lowest BCUT2D eigenvalue weighted by molar-refractivity contribution is 0.832. The first kappa shape index (κ1) is 18.4.